The van der Waals surface area contributed by atoms with E-state index >= 15 is 0 Å². The molecule has 0 aromatic carbocycles. The Morgan fingerprint density at radius 2 is 2.17 bits per heavy atom. The topological polar surface area (TPSA) is 96.9 Å². The molecule has 3 N–H and O–H groups in total. The summed E-state index contributed by atoms with van der Waals surface area (Å²) in [5.74, 6) is -0.444. The van der Waals surface area contributed by atoms with Gasteiger partial charge in [-0.25, -0.2) is 9.59 Å². The molecule has 0 saturated carbocycles. The van der Waals surface area contributed by atoms with Crippen molar-refractivity contribution in [3.63, 3.8) is 0 Å². The van der Waals surface area contributed by atoms with Gasteiger partial charge in [-0.15, -0.1) is 11.3 Å². The molecule has 0 atom stereocenters. The van der Waals surface area contributed by atoms with E-state index in [-0.39, 0.29) is 25.4 Å². The Morgan fingerprint density at radius 3 is 2.83 bits per heavy atom. The predicted molar refractivity (Wildman–Crippen MR) is 87.0 cm³/mol. The molecule has 2 heterocycles. The summed E-state index contributed by atoms with van der Waals surface area (Å²) < 4.78 is 10.9. The molecule has 1 aromatic heterocycles. The number of aliphatic hydroxyl groups is 1. The molecule has 7 nitrogen and oxygen atoms in total. The molecule has 0 saturated heterocycles. The number of fused-ring (bicyclic) bond motifs is 1. The molecule has 0 radical (unpaired) electrons. The molecule has 1 aromatic rings. The molecular weight excluding hydrogens is 320 g/mol. The monoisotopic (exact) mass is 342 g/mol. The summed E-state index contributed by atoms with van der Waals surface area (Å²) in [4.78, 5) is 25.1. The lowest BCUT2D eigenvalue weighted by molar-refractivity contribution is -0.0384. The number of aliphatic hydroxyl groups excluding tert-OH is 1. The van der Waals surface area contributed by atoms with E-state index in [0.717, 1.165) is 10.4 Å². The first-order chi connectivity index (χ1) is 10.9. The molecule has 23 heavy (non-hydrogen) atoms. The van der Waals surface area contributed by atoms with Crippen LogP contribution in [0.4, 0.5) is 9.80 Å². The van der Waals surface area contributed by atoms with Gasteiger partial charge in [-0.2, -0.15) is 0 Å². The minimum Gasteiger partial charge on any atom is -0.462 e. The van der Waals surface area contributed by atoms with Crippen molar-refractivity contribution in [1.82, 2.24) is 5.32 Å². The lowest BCUT2D eigenvalue weighted by Crippen LogP contribution is -2.32. The zero-order valence-corrected chi connectivity index (χ0v) is 14.3. The summed E-state index contributed by atoms with van der Waals surface area (Å²) in [6.45, 7) is 6.32. The van der Waals surface area contributed by atoms with E-state index in [1.165, 1.54) is 11.3 Å². The summed E-state index contributed by atoms with van der Waals surface area (Å²) in [6, 6.07) is -0.469. The molecule has 128 valence electrons. The van der Waals surface area contributed by atoms with Crippen LogP contribution in [0.3, 0.4) is 0 Å². The van der Waals surface area contributed by atoms with Gasteiger partial charge < -0.3 is 19.9 Å². The van der Waals surface area contributed by atoms with Gasteiger partial charge in [-0.1, -0.05) is 0 Å². The Labute approximate surface area is 139 Å². The lowest BCUT2D eigenvalue weighted by atomic mass is 9.93. The van der Waals surface area contributed by atoms with Gasteiger partial charge >= 0.3 is 12.0 Å². The Bertz CT molecular complexity index is 597. The fourth-order valence-electron chi connectivity index (χ4n) is 2.38. The zero-order chi connectivity index (χ0) is 17.0. The van der Waals surface area contributed by atoms with E-state index < -0.39 is 12.0 Å². The average Bonchev–Trinajstić information content (AvgIpc) is 2.81. The summed E-state index contributed by atoms with van der Waals surface area (Å²) >= 11 is 1.32. The smallest absolute Gasteiger partial charge is 0.341 e. The number of esters is 1. The molecule has 0 bridgehead atoms. The molecule has 0 spiro atoms. The van der Waals surface area contributed by atoms with Gasteiger partial charge in [0, 0.05) is 17.8 Å². The van der Waals surface area contributed by atoms with Crippen LogP contribution in [-0.2, 0) is 22.5 Å². The number of hydrogen-bond donors (Lipinski definition) is 3. The number of anilines is 1. The summed E-state index contributed by atoms with van der Waals surface area (Å²) in [7, 11) is 0. The number of nitrogens with one attached hydrogen (secondary N) is 2. The van der Waals surface area contributed by atoms with E-state index in [1.54, 1.807) is 6.92 Å². The van der Waals surface area contributed by atoms with Crippen LogP contribution < -0.4 is 10.6 Å². The van der Waals surface area contributed by atoms with E-state index in [0.29, 0.717) is 23.6 Å². The fourth-order valence-corrected chi connectivity index (χ4v) is 3.49. The third-order valence-corrected chi connectivity index (χ3v) is 4.51. The van der Waals surface area contributed by atoms with Crippen molar-refractivity contribution >= 4 is 28.3 Å². The maximum absolute atomic E-state index is 12.3. The lowest BCUT2D eigenvalue weighted by Gasteiger charge is -2.30. The van der Waals surface area contributed by atoms with Gasteiger partial charge in [0.2, 0.25) is 0 Å². The first-order valence-electron chi connectivity index (χ1n) is 7.49. The Kier molecular flexibility index (Phi) is 5.61. The standard InChI is InChI=1S/C15H22N2O5S/c1-4-21-13(19)11-9-7-15(2,3)22-8-10(9)23-12(11)17-14(20)16-5-6-18/h18H,4-8H2,1-3H3,(H2,16,17,20). The predicted octanol–water partition coefficient (Wildman–Crippen LogP) is 1.89. The highest BCUT2D eigenvalue weighted by Crippen LogP contribution is 2.40. The third-order valence-electron chi connectivity index (χ3n) is 3.39. The maximum Gasteiger partial charge on any atom is 0.341 e. The number of rotatable bonds is 5. The van der Waals surface area contributed by atoms with Crippen LogP contribution in [0.15, 0.2) is 0 Å². The summed E-state index contributed by atoms with van der Waals surface area (Å²) in [5.41, 5.74) is 0.913. The van der Waals surface area contributed by atoms with Crippen LogP contribution >= 0.6 is 11.3 Å². The van der Waals surface area contributed by atoms with E-state index in [9.17, 15) is 9.59 Å². The Hall–Kier alpha value is -1.64. The molecule has 2 rings (SSSR count). The van der Waals surface area contributed by atoms with Crippen molar-refractivity contribution in [2.75, 3.05) is 25.1 Å². The third kappa shape index (κ3) is 4.21. The number of thiophene rings is 1. The van der Waals surface area contributed by atoms with Gasteiger partial charge in [0.1, 0.15) is 5.00 Å². The molecule has 1 aliphatic rings. The van der Waals surface area contributed by atoms with Crippen molar-refractivity contribution < 1.29 is 24.2 Å². The molecule has 2 amide bonds. The first kappa shape index (κ1) is 17.7. The Morgan fingerprint density at radius 1 is 1.43 bits per heavy atom. The molecule has 0 fully saturated rings. The summed E-state index contributed by atoms with van der Waals surface area (Å²) in [6.07, 6.45) is 0.576. The number of hydrogen-bond acceptors (Lipinski definition) is 6. The van der Waals surface area contributed by atoms with Crippen molar-refractivity contribution in [3.8, 4) is 0 Å². The van der Waals surface area contributed by atoms with Gasteiger partial charge in [0.15, 0.2) is 0 Å². The highest BCUT2D eigenvalue weighted by Gasteiger charge is 2.34. The second kappa shape index (κ2) is 7.29. The van der Waals surface area contributed by atoms with Crippen molar-refractivity contribution in [1.29, 1.82) is 0 Å². The van der Waals surface area contributed by atoms with Crippen LogP contribution in [0.25, 0.3) is 0 Å². The van der Waals surface area contributed by atoms with Gasteiger partial charge in [0.25, 0.3) is 0 Å². The van der Waals surface area contributed by atoms with E-state index in [1.807, 2.05) is 13.8 Å². The van der Waals surface area contributed by atoms with Crippen LogP contribution in [0.5, 0.6) is 0 Å². The van der Waals surface area contributed by atoms with E-state index in [4.69, 9.17) is 14.6 Å². The summed E-state index contributed by atoms with van der Waals surface area (Å²) in [5, 5.41) is 14.4. The highest BCUT2D eigenvalue weighted by molar-refractivity contribution is 7.17. The van der Waals surface area contributed by atoms with Crippen molar-refractivity contribution in [2.24, 2.45) is 0 Å². The highest BCUT2D eigenvalue weighted by atomic mass is 32.1. The average molecular weight is 342 g/mol. The van der Waals surface area contributed by atoms with Gasteiger partial charge in [-0.05, 0) is 26.3 Å². The van der Waals surface area contributed by atoms with Crippen LogP contribution in [0.2, 0.25) is 0 Å². The molecule has 0 unspecified atom stereocenters. The SMILES string of the molecule is CCOC(=O)c1c(NC(=O)NCCO)sc2c1CC(C)(C)OC2. The van der Waals surface area contributed by atoms with Gasteiger partial charge in [0.05, 0.1) is 31.0 Å². The number of ether oxygens (including phenoxy) is 2. The number of urea groups is 1. The van der Waals surface area contributed by atoms with Crippen molar-refractivity contribution in [2.45, 2.75) is 39.4 Å². The Balaban J connectivity index is 2.32. The van der Waals surface area contributed by atoms with Crippen LogP contribution in [0, 0.1) is 0 Å². The van der Waals surface area contributed by atoms with Crippen molar-refractivity contribution in [3.05, 3.63) is 16.0 Å². The normalized spacial score (nSPS) is 15.7. The largest absolute Gasteiger partial charge is 0.462 e. The molecule has 1 aliphatic heterocycles. The maximum atomic E-state index is 12.3. The zero-order valence-electron chi connectivity index (χ0n) is 13.5. The van der Waals surface area contributed by atoms with Crippen LogP contribution in [-0.4, -0.2) is 42.5 Å². The number of amides is 2. The molecule has 0 aliphatic carbocycles. The minimum atomic E-state index is -0.469. The van der Waals surface area contributed by atoms with E-state index in [2.05, 4.69) is 10.6 Å². The molecular formula is C15H22N2O5S. The number of carbonyl (C=O) groups is 2. The second-order valence-corrected chi connectivity index (χ2v) is 6.86. The van der Waals surface area contributed by atoms with Gasteiger partial charge in [-0.3, -0.25) is 5.32 Å². The fraction of sp³-hybridized carbons (Fsp3) is 0.600. The molecule has 8 heteroatoms. The number of carbonyl (C=O) groups excluding carboxylic acids is 2. The second-order valence-electron chi connectivity index (χ2n) is 5.76. The van der Waals surface area contributed by atoms with Crippen LogP contribution in [0.1, 0.15) is 41.6 Å². The minimum absolute atomic E-state index is 0.141. The quantitative estimate of drug-likeness (QED) is 0.710. The first-order valence-corrected chi connectivity index (χ1v) is 8.31.